The van der Waals surface area contributed by atoms with E-state index in [1.165, 1.54) is 0 Å². The number of rotatable bonds is 6. The van der Waals surface area contributed by atoms with Gasteiger partial charge < -0.3 is 15.2 Å². The van der Waals surface area contributed by atoms with E-state index in [9.17, 15) is 5.11 Å². The van der Waals surface area contributed by atoms with E-state index in [0.29, 0.717) is 19.7 Å². The fourth-order valence-corrected chi connectivity index (χ4v) is 2.99. The molecule has 1 aromatic carbocycles. The first-order chi connectivity index (χ1) is 11.6. The summed E-state index contributed by atoms with van der Waals surface area (Å²) in [4.78, 5) is 2.25. The Bertz CT molecular complexity index is 621. The number of benzene rings is 1. The SMILES string of the molecule is C[C@](O)(CN1CCO[C@H](CNc2cccnn2)C1)c1ccccc1. The molecule has 0 aliphatic carbocycles. The highest BCUT2D eigenvalue weighted by Gasteiger charge is 2.29. The Hall–Kier alpha value is -2.02. The highest BCUT2D eigenvalue weighted by molar-refractivity contribution is 5.31. The number of nitrogens with zero attached hydrogens (tertiary/aromatic N) is 3. The van der Waals surface area contributed by atoms with E-state index in [2.05, 4.69) is 20.4 Å². The quantitative estimate of drug-likeness (QED) is 0.837. The van der Waals surface area contributed by atoms with Crippen LogP contribution in [0.1, 0.15) is 12.5 Å². The van der Waals surface area contributed by atoms with Gasteiger partial charge >= 0.3 is 0 Å². The Morgan fingerprint density at radius 2 is 2.12 bits per heavy atom. The fraction of sp³-hybridized carbons (Fsp3) is 0.444. The van der Waals surface area contributed by atoms with Crippen LogP contribution in [-0.4, -0.2) is 59.1 Å². The van der Waals surface area contributed by atoms with Gasteiger partial charge in [-0.3, -0.25) is 4.90 Å². The first-order valence-electron chi connectivity index (χ1n) is 8.27. The van der Waals surface area contributed by atoms with Crippen molar-refractivity contribution in [3.63, 3.8) is 0 Å². The second-order valence-electron chi connectivity index (χ2n) is 6.36. The summed E-state index contributed by atoms with van der Waals surface area (Å²) >= 11 is 0. The van der Waals surface area contributed by atoms with Crippen LogP contribution in [0.5, 0.6) is 0 Å². The molecule has 0 saturated carbocycles. The van der Waals surface area contributed by atoms with E-state index < -0.39 is 5.60 Å². The third-order valence-electron chi connectivity index (χ3n) is 4.23. The van der Waals surface area contributed by atoms with Gasteiger partial charge in [-0.05, 0) is 24.6 Å². The normalized spacial score (nSPS) is 21.2. The maximum atomic E-state index is 10.8. The number of nitrogens with one attached hydrogen (secondary N) is 1. The van der Waals surface area contributed by atoms with Crippen LogP contribution >= 0.6 is 0 Å². The predicted molar refractivity (Wildman–Crippen MR) is 92.7 cm³/mol. The Balaban J connectivity index is 1.53. The third kappa shape index (κ3) is 4.50. The summed E-state index contributed by atoms with van der Waals surface area (Å²) in [6, 6.07) is 13.5. The Labute approximate surface area is 142 Å². The molecule has 0 unspecified atom stereocenters. The number of ether oxygens (including phenoxy) is 1. The van der Waals surface area contributed by atoms with E-state index in [0.717, 1.165) is 24.5 Å². The van der Waals surface area contributed by atoms with Crippen LogP contribution in [0, 0.1) is 0 Å². The minimum atomic E-state index is -0.874. The molecule has 2 atom stereocenters. The minimum absolute atomic E-state index is 0.0623. The van der Waals surface area contributed by atoms with Gasteiger partial charge in [0.05, 0.1) is 18.3 Å². The maximum absolute atomic E-state index is 10.8. The van der Waals surface area contributed by atoms with Crippen molar-refractivity contribution in [2.45, 2.75) is 18.6 Å². The van der Waals surface area contributed by atoms with E-state index in [1.54, 1.807) is 6.20 Å². The van der Waals surface area contributed by atoms with Gasteiger partial charge in [-0.1, -0.05) is 30.3 Å². The second kappa shape index (κ2) is 7.70. The average Bonchev–Trinajstić information content (AvgIpc) is 2.62. The molecule has 0 spiro atoms. The Kier molecular flexibility index (Phi) is 5.40. The van der Waals surface area contributed by atoms with Gasteiger partial charge in [-0.25, -0.2) is 0 Å². The minimum Gasteiger partial charge on any atom is -0.384 e. The van der Waals surface area contributed by atoms with Gasteiger partial charge in [0.15, 0.2) is 0 Å². The molecular formula is C18H24N4O2. The predicted octanol–water partition coefficient (Wildman–Crippen LogP) is 1.50. The number of morpholine rings is 1. The molecule has 0 radical (unpaired) electrons. The molecule has 0 bridgehead atoms. The van der Waals surface area contributed by atoms with Gasteiger partial charge in [0.2, 0.25) is 0 Å². The van der Waals surface area contributed by atoms with Crippen molar-refractivity contribution in [3.8, 4) is 0 Å². The first-order valence-corrected chi connectivity index (χ1v) is 8.27. The third-order valence-corrected chi connectivity index (χ3v) is 4.23. The summed E-state index contributed by atoms with van der Waals surface area (Å²) in [5, 5.41) is 21.9. The maximum Gasteiger partial charge on any atom is 0.148 e. The van der Waals surface area contributed by atoms with Crippen LogP contribution in [0.4, 0.5) is 5.82 Å². The van der Waals surface area contributed by atoms with Crippen LogP contribution in [0.15, 0.2) is 48.7 Å². The fourth-order valence-electron chi connectivity index (χ4n) is 2.99. The number of anilines is 1. The largest absolute Gasteiger partial charge is 0.384 e. The van der Waals surface area contributed by atoms with Crippen molar-refractivity contribution < 1.29 is 9.84 Å². The van der Waals surface area contributed by atoms with Gasteiger partial charge in [0.25, 0.3) is 0 Å². The topological polar surface area (TPSA) is 70.5 Å². The summed E-state index contributed by atoms with van der Waals surface area (Å²) in [5.74, 6) is 0.745. The lowest BCUT2D eigenvalue weighted by Crippen LogP contribution is -2.49. The molecule has 128 valence electrons. The van der Waals surface area contributed by atoms with Crippen molar-refractivity contribution in [2.75, 3.05) is 38.1 Å². The molecule has 2 aromatic rings. The molecule has 1 fully saturated rings. The zero-order chi connectivity index (χ0) is 16.8. The van der Waals surface area contributed by atoms with Gasteiger partial charge in [0.1, 0.15) is 5.82 Å². The van der Waals surface area contributed by atoms with Crippen LogP contribution in [0.25, 0.3) is 0 Å². The van der Waals surface area contributed by atoms with Gasteiger partial charge in [-0.15, -0.1) is 5.10 Å². The van der Waals surface area contributed by atoms with E-state index in [4.69, 9.17) is 4.74 Å². The molecule has 6 nitrogen and oxygen atoms in total. The number of hydrogen-bond donors (Lipinski definition) is 2. The molecule has 2 heterocycles. The molecule has 1 saturated heterocycles. The van der Waals surface area contributed by atoms with Crippen molar-refractivity contribution in [1.82, 2.24) is 15.1 Å². The van der Waals surface area contributed by atoms with Crippen molar-refractivity contribution in [3.05, 3.63) is 54.2 Å². The van der Waals surface area contributed by atoms with Gasteiger partial charge in [-0.2, -0.15) is 5.10 Å². The van der Waals surface area contributed by atoms with Crippen LogP contribution in [0.3, 0.4) is 0 Å². The van der Waals surface area contributed by atoms with E-state index >= 15 is 0 Å². The van der Waals surface area contributed by atoms with Crippen LogP contribution in [0.2, 0.25) is 0 Å². The molecule has 2 N–H and O–H groups in total. The zero-order valence-corrected chi connectivity index (χ0v) is 13.9. The van der Waals surface area contributed by atoms with Crippen molar-refractivity contribution >= 4 is 5.82 Å². The number of β-amino-alcohol motifs (C(OH)–C–C–N with tert-alkyl or cyclic N) is 1. The second-order valence-corrected chi connectivity index (χ2v) is 6.36. The average molecular weight is 328 g/mol. The Morgan fingerprint density at radius 1 is 1.29 bits per heavy atom. The molecule has 1 aromatic heterocycles. The van der Waals surface area contributed by atoms with Crippen LogP contribution < -0.4 is 5.32 Å². The lowest BCUT2D eigenvalue weighted by Gasteiger charge is -2.37. The van der Waals surface area contributed by atoms with E-state index in [-0.39, 0.29) is 6.10 Å². The van der Waals surface area contributed by atoms with E-state index in [1.807, 2.05) is 49.4 Å². The standard InChI is InChI=1S/C18H24N4O2/c1-18(23,15-6-3-2-4-7-15)14-22-10-11-24-16(13-22)12-19-17-8-5-9-20-21-17/h2-9,16,23H,10-14H2,1H3,(H,19,21)/t16-,18+/m1/s1. The highest BCUT2D eigenvalue weighted by Crippen LogP contribution is 2.22. The zero-order valence-electron chi connectivity index (χ0n) is 13.9. The molecule has 1 aliphatic heterocycles. The van der Waals surface area contributed by atoms with Gasteiger partial charge in [0, 0.05) is 32.4 Å². The smallest absolute Gasteiger partial charge is 0.148 e. The molecule has 0 amide bonds. The Morgan fingerprint density at radius 3 is 2.88 bits per heavy atom. The lowest BCUT2D eigenvalue weighted by atomic mass is 9.95. The lowest BCUT2D eigenvalue weighted by molar-refractivity contribution is -0.0565. The van der Waals surface area contributed by atoms with Crippen LogP contribution in [-0.2, 0) is 10.3 Å². The van der Waals surface area contributed by atoms with Crippen molar-refractivity contribution in [2.24, 2.45) is 0 Å². The summed E-state index contributed by atoms with van der Waals surface area (Å²) in [6.45, 7) is 5.38. The molecule has 3 rings (SSSR count). The summed E-state index contributed by atoms with van der Waals surface area (Å²) in [5.41, 5.74) is 0.0623. The monoisotopic (exact) mass is 328 g/mol. The van der Waals surface area contributed by atoms with Crippen molar-refractivity contribution in [1.29, 1.82) is 0 Å². The molecular weight excluding hydrogens is 304 g/mol. The molecule has 24 heavy (non-hydrogen) atoms. The number of aliphatic hydroxyl groups is 1. The number of hydrogen-bond acceptors (Lipinski definition) is 6. The molecule has 6 heteroatoms. The number of aromatic nitrogens is 2. The first kappa shape index (κ1) is 16.8. The summed E-state index contributed by atoms with van der Waals surface area (Å²) in [7, 11) is 0. The highest BCUT2D eigenvalue weighted by atomic mass is 16.5. The molecule has 1 aliphatic rings. The summed E-state index contributed by atoms with van der Waals surface area (Å²) < 4.78 is 5.82. The summed E-state index contributed by atoms with van der Waals surface area (Å²) in [6.07, 6.45) is 1.71.